The van der Waals surface area contributed by atoms with Crippen LogP contribution in [0.2, 0.25) is 0 Å². The zero-order chi connectivity index (χ0) is 15.8. The molecule has 0 spiro atoms. The Kier molecular flexibility index (Phi) is 4.29. The Morgan fingerprint density at radius 3 is 2.33 bits per heavy atom. The maximum Gasteiger partial charge on any atom is 0.304 e. The topological polar surface area (TPSA) is 101 Å². The number of primary sulfonamides is 1. The molecule has 0 saturated carbocycles. The number of hydrogen-bond donors (Lipinski definition) is 1. The third-order valence-electron chi connectivity index (χ3n) is 3.54. The number of rotatable bonds is 5. The SMILES string of the molecule is CCN(CC)S(=O)(=O)N1CCc2cc(S(N)(=O)=O)ccc21. The molecule has 0 atom stereocenters. The van der Waals surface area contributed by atoms with E-state index in [1.54, 1.807) is 13.8 Å². The van der Waals surface area contributed by atoms with Crippen LogP contribution in [0.4, 0.5) is 5.69 Å². The highest BCUT2D eigenvalue weighted by atomic mass is 32.2. The Labute approximate surface area is 125 Å². The lowest BCUT2D eigenvalue weighted by atomic mass is 10.2. The maximum atomic E-state index is 12.5. The molecular weight excluding hydrogens is 314 g/mol. The zero-order valence-corrected chi connectivity index (χ0v) is 13.6. The lowest BCUT2D eigenvalue weighted by Gasteiger charge is -2.27. The predicted molar refractivity (Wildman–Crippen MR) is 80.7 cm³/mol. The van der Waals surface area contributed by atoms with Gasteiger partial charge in [-0.15, -0.1) is 0 Å². The van der Waals surface area contributed by atoms with Crippen LogP contribution in [0, 0.1) is 0 Å². The molecule has 1 aliphatic rings. The number of nitrogens with zero attached hydrogens (tertiary/aromatic N) is 2. The van der Waals surface area contributed by atoms with Crippen molar-refractivity contribution < 1.29 is 16.8 Å². The highest BCUT2D eigenvalue weighted by Gasteiger charge is 2.33. The average molecular weight is 333 g/mol. The first-order chi connectivity index (χ1) is 9.71. The van der Waals surface area contributed by atoms with Gasteiger partial charge in [0.05, 0.1) is 10.6 Å². The Bertz CT molecular complexity index is 740. The van der Waals surface area contributed by atoms with E-state index in [2.05, 4.69) is 0 Å². The Morgan fingerprint density at radius 1 is 1.19 bits per heavy atom. The fourth-order valence-corrected chi connectivity index (χ4v) is 4.70. The molecule has 0 amide bonds. The van der Waals surface area contributed by atoms with E-state index in [4.69, 9.17) is 5.14 Å². The molecule has 118 valence electrons. The maximum absolute atomic E-state index is 12.5. The van der Waals surface area contributed by atoms with E-state index in [1.165, 1.54) is 26.8 Å². The summed E-state index contributed by atoms with van der Waals surface area (Å²) in [5.74, 6) is 0. The number of sulfonamides is 1. The second-order valence-corrected chi connectivity index (χ2v) is 8.16. The molecule has 0 aliphatic carbocycles. The fraction of sp³-hybridized carbons (Fsp3) is 0.500. The van der Waals surface area contributed by atoms with Crippen LogP contribution in [0.3, 0.4) is 0 Å². The Morgan fingerprint density at radius 2 is 1.81 bits per heavy atom. The Hall–Kier alpha value is -1.16. The van der Waals surface area contributed by atoms with Gasteiger partial charge >= 0.3 is 10.2 Å². The summed E-state index contributed by atoms with van der Waals surface area (Å²) in [6.45, 7) is 4.65. The average Bonchev–Trinajstić information content (AvgIpc) is 2.82. The molecular formula is C12H19N3O4S2. The van der Waals surface area contributed by atoms with Gasteiger partial charge in [-0.3, -0.25) is 4.31 Å². The summed E-state index contributed by atoms with van der Waals surface area (Å²) >= 11 is 0. The van der Waals surface area contributed by atoms with Crippen LogP contribution in [0.15, 0.2) is 23.1 Å². The first-order valence-corrected chi connectivity index (χ1v) is 9.59. The van der Waals surface area contributed by atoms with Crippen LogP contribution in [-0.4, -0.2) is 40.8 Å². The Balaban J connectivity index is 2.44. The van der Waals surface area contributed by atoms with Gasteiger partial charge in [-0.05, 0) is 30.2 Å². The first-order valence-electron chi connectivity index (χ1n) is 6.65. The van der Waals surface area contributed by atoms with E-state index in [0.717, 1.165) is 0 Å². The van der Waals surface area contributed by atoms with Crippen molar-refractivity contribution in [2.24, 2.45) is 5.14 Å². The van der Waals surface area contributed by atoms with E-state index in [0.29, 0.717) is 37.3 Å². The van der Waals surface area contributed by atoms with Crippen molar-refractivity contribution >= 4 is 25.9 Å². The smallest absolute Gasteiger partial charge is 0.257 e. The van der Waals surface area contributed by atoms with Gasteiger partial charge in [-0.25, -0.2) is 13.6 Å². The van der Waals surface area contributed by atoms with Crippen molar-refractivity contribution in [3.8, 4) is 0 Å². The number of hydrogen-bond acceptors (Lipinski definition) is 4. The van der Waals surface area contributed by atoms with E-state index >= 15 is 0 Å². The molecule has 0 unspecified atom stereocenters. The standard InChI is InChI=1S/C12H19N3O4S2/c1-3-14(4-2)21(18,19)15-8-7-10-9-11(20(13,16)17)5-6-12(10)15/h5-6,9H,3-4,7-8H2,1-2H3,(H2,13,16,17). The molecule has 21 heavy (non-hydrogen) atoms. The van der Waals surface area contributed by atoms with Gasteiger partial charge in [-0.1, -0.05) is 13.8 Å². The van der Waals surface area contributed by atoms with Crippen LogP contribution in [0.5, 0.6) is 0 Å². The van der Waals surface area contributed by atoms with Gasteiger partial charge in [0.1, 0.15) is 0 Å². The van der Waals surface area contributed by atoms with Gasteiger partial charge in [0.25, 0.3) is 0 Å². The third kappa shape index (κ3) is 2.91. The minimum absolute atomic E-state index is 0.00309. The van der Waals surface area contributed by atoms with Crippen molar-refractivity contribution in [3.63, 3.8) is 0 Å². The van der Waals surface area contributed by atoms with Crippen molar-refractivity contribution in [3.05, 3.63) is 23.8 Å². The van der Waals surface area contributed by atoms with Gasteiger partial charge in [-0.2, -0.15) is 12.7 Å². The molecule has 0 aromatic heterocycles. The molecule has 9 heteroatoms. The summed E-state index contributed by atoms with van der Waals surface area (Å²) < 4.78 is 50.5. The number of anilines is 1. The lowest BCUT2D eigenvalue weighted by molar-refractivity contribution is 0.443. The van der Waals surface area contributed by atoms with Crippen molar-refractivity contribution in [2.75, 3.05) is 23.9 Å². The highest BCUT2D eigenvalue weighted by molar-refractivity contribution is 7.90. The molecule has 7 nitrogen and oxygen atoms in total. The van der Waals surface area contributed by atoms with E-state index in [9.17, 15) is 16.8 Å². The first kappa shape index (κ1) is 16.2. The summed E-state index contributed by atoms with van der Waals surface area (Å²) in [6, 6.07) is 4.29. The van der Waals surface area contributed by atoms with Crippen LogP contribution in [0.25, 0.3) is 0 Å². The van der Waals surface area contributed by atoms with Crippen molar-refractivity contribution in [1.29, 1.82) is 0 Å². The van der Waals surface area contributed by atoms with E-state index in [-0.39, 0.29) is 4.90 Å². The summed E-state index contributed by atoms with van der Waals surface area (Å²) in [5, 5.41) is 5.09. The highest BCUT2D eigenvalue weighted by Crippen LogP contribution is 2.32. The lowest BCUT2D eigenvalue weighted by Crippen LogP contribution is -2.43. The molecule has 1 aromatic rings. The molecule has 1 aromatic carbocycles. The third-order valence-corrected chi connectivity index (χ3v) is 6.56. The minimum Gasteiger partial charge on any atom is -0.257 e. The number of nitrogens with two attached hydrogens (primary N) is 1. The summed E-state index contributed by atoms with van der Waals surface area (Å²) in [7, 11) is -7.36. The number of benzene rings is 1. The molecule has 0 bridgehead atoms. The second-order valence-electron chi connectivity index (χ2n) is 4.75. The predicted octanol–water partition coefficient (Wildman–Crippen LogP) is 0.283. The number of fused-ring (bicyclic) bond motifs is 1. The van der Waals surface area contributed by atoms with Crippen molar-refractivity contribution in [1.82, 2.24) is 4.31 Å². The second kappa shape index (κ2) is 5.56. The zero-order valence-electron chi connectivity index (χ0n) is 12.0. The van der Waals surface area contributed by atoms with Gasteiger partial charge in [0.15, 0.2) is 0 Å². The van der Waals surface area contributed by atoms with E-state index < -0.39 is 20.2 Å². The molecule has 0 radical (unpaired) electrons. The largest absolute Gasteiger partial charge is 0.304 e. The molecule has 2 N–H and O–H groups in total. The van der Waals surface area contributed by atoms with Gasteiger partial charge in [0, 0.05) is 19.6 Å². The van der Waals surface area contributed by atoms with Crippen LogP contribution < -0.4 is 9.44 Å². The molecule has 0 fully saturated rings. The molecule has 1 aliphatic heterocycles. The summed E-state index contributed by atoms with van der Waals surface area (Å²) in [4.78, 5) is 0.00309. The minimum atomic E-state index is -3.78. The molecule has 2 rings (SSSR count). The quantitative estimate of drug-likeness (QED) is 0.836. The van der Waals surface area contributed by atoms with Crippen LogP contribution >= 0.6 is 0 Å². The fourth-order valence-electron chi connectivity index (χ4n) is 2.45. The van der Waals surface area contributed by atoms with Crippen LogP contribution in [0.1, 0.15) is 19.4 Å². The van der Waals surface area contributed by atoms with Crippen LogP contribution in [-0.2, 0) is 26.7 Å². The van der Waals surface area contributed by atoms with Gasteiger partial charge < -0.3 is 0 Å². The normalized spacial score (nSPS) is 15.5. The monoisotopic (exact) mass is 333 g/mol. The summed E-state index contributed by atoms with van der Waals surface area (Å²) in [6.07, 6.45) is 0.471. The molecule has 0 saturated heterocycles. The van der Waals surface area contributed by atoms with Crippen molar-refractivity contribution in [2.45, 2.75) is 25.2 Å². The van der Waals surface area contributed by atoms with Gasteiger partial charge in [0.2, 0.25) is 10.0 Å². The van der Waals surface area contributed by atoms with E-state index in [1.807, 2.05) is 0 Å². The summed E-state index contributed by atoms with van der Waals surface area (Å²) in [5.41, 5.74) is 1.20. The molecule has 1 heterocycles.